The van der Waals surface area contributed by atoms with Gasteiger partial charge in [-0.05, 0) is 32.4 Å². The van der Waals surface area contributed by atoms with E-state index in [0.29, 0.717) is 18.6 Å². The summed E-state index contributed by atoms with van der Waals surface area (Å²) in [6.45, 7) is 4.65. The van der Waals surface area contributed by atoms with E-state index in [0.717, 1.165) is 11.4 Å². The van der Waals surface area contributed by atoms with Gasteiger partial charge in [-0.2, -0.15) is 0 Å². The molecule has 0 bridgehead atoms. The molecule has 3 rings (SSSR count). The second-order valence-corrected chi connectivity index (χ2v) is 9.08. The van der Waals surface area contributed by atoms with E-state index < -0.39 is 14.6 Å². The summed E-state index contributed by atoms with van der Waals surface area (Å²) in [6.07, 6.45) is 0.617. The first-order chi connectivity index (χ1) is 10.8. The van der Waals surface area contributed by atoms with Crippen LogP contribution in [0, 0.1) is 19.8 Å². The van der Waals surface area contributed by atoms with Gasteiger partial charge in [0.15, 0.2) is 9.84 Å². The largest absolute Gasteiger partial charge is 0.384 e. The van der Waals surface area contributed by atoms with Crippen LogP contribution in [0.3, 0.4) is 0 Å². The molecule has 1 atom stereocenters. The van der Waals surface area contributed by atoms with Crippen LogP contribution in [0.5, 0.6) is 0 Å². The number of pyridine rings is 1. The molecular formula is C16H22N2O4S. The third-order valence-corrected chi connectivity index (χ3v) is 7.60. The highest BCUT2D eigenvalue weighted by Crippen LogP contribution is 2.45. The van der Waals surface area contributed by atoms with E-state index in [2.05, 4.69) is 4.98 Å². The normalized spacial score (nSPS) is 24.7. The lowest BCUT2D eigenvalue weighted by Gasteiger charge is -2.49. The van der Waals surface area contributed by atoms with Gasteiger partial charge in [0.25, 0.3) is 5.91 Å². The number of carbonyl (C=O) groups excluding carboxylic acids is 1. The van der Waals surface area contributed by atoms with E-state index >= 15 is 0 Å². The predicted molar refractivity (Wildman–Crippen MR) is 86.1 cm³/mol. The summed E-state index contributed by atoms with van der Waals surface area (Å²) in [5, 5.41) is 0. The molecule has 1 aromatic rings. The number of likely N-dealkylation sites (tertiary alicyclic amines) is 1. The van der Waals surface area contributed by atoms with E-state index in [-0.39, 0.29) is 30.7 Å². The van der Waals surface area contributed by atoms with Crippen LogP contribution in [0.1, 0.15) is 28.2 Å². The number of carbonyl (C=O) groups is 1. The Morgan fingerprint density at radius 2 is 1.96 bits per heavy atom. The van der Waals surface area contributed by atoms with Crippen LogP contribution in [0.15, 0.2) is 12.1 Å². The zero-order valence-corrected chi connectivity index (χ0v) is 14.5. The van der Waals surface area contributed by atoms with Crippen LogP contribution in [0.25, 0.3) is 0 Å². The van der Waals surface area contributed by atoms with Crippen LogP contribution >= 0.6 is 0 Å². The third kappa shape index (κ3) is 2.55. The molecule has 2 fully saturated rings. The lowest BCUT2D eigenvalue weighted by Crippen LogP contribution is -2.68. The van der Waals surface area contributed by atoms with E-state index in [1.165, 1.54) is 0 Å². The summed E-state index contributed by atoms with van der Waals surface area (Å²) in [4.78, 5) is 18.5. The minimum Gasteiger partial charge on any atom is -0.384 e. The fourth-order valence-electron chi connectivity index (χ4n) is 3.79. The first kappa shape index (κ1) is 16.4. The molecule has 1 aromatic heterocycles. The molecule has 2 aliphatic rings. The van der Waals surface area contributed by atoms with Crippen LogP contribution in [-0.4, -0.2) is 61.5 Å². The molecular weight excluding hydrogens is 316 g/mol. The number of hydrogen-bond donors (Lipinski definition) is 0. The highest BCUT2D eigenvalue weighted by molar-refractivity contribution is 7.93. The topological polar surface area (TPSA) is 76.6 Å². The van der Waals surface area contributed by atoms with E-state index in [1.54, 1.807) is 24.1 Å². The summed E-state index contributed by atoms with van der Waals surface area (Å²) < 4.78 is 29.3. The van der Waals surface area contributed by atoms with Crippen molar-refractivity contribution in [3.8, 4) is 0 Å². The smallest absolute Gasteiger partial charge is 0.254 e. The molecule has 3 heterocycles. The number of rotatable bonds is 3. The van der Waals surface area contributed by atoms with Crippen LogP contribution in [0.4, 0.5) is 0 Å². The maximum atomic E-state index is 12.6. The number of aromatic nitrogens is 1. The molecule has 1 unspecified atom stereocenters. The number of nitrogens with zero attached hydrogens (tertiary/aromatic N) is 2. The fourth-order valence-corrected chi connectivity index (χ4v) is 6.19. The van der Waals surface area contributed by atoms with Gasteiger partial charge in [-0.3, -0.25) is 9.78 Å². The Bertz CT molecular complexity index is 718. The molecule has 0 aromatic carbocycles. The van der Waals surface area contributed by atoms with E-state index in [9.17, 15) is 13.2 Å². The first-order valence-corrected chi connectivity index (χ1v) is 9.40. The Morgan fingerprint density at radius 3 is 2.52 bits per heavy atom. The molecule has 0 N–H and O–H groups in total. The van der Waals surface area contributed by atoms with Crippen LogP contribution in [-0.2, 0) is 14.6 Å². The first-order valence-electron chi connectivity index (χ1n) is 7.75. The van der Waals surface area contributed by atoms with Gasteiger partial charge >= 0.3 is 0 Å². The molecule has 1 spiro atoms. The van der Waals surface area contributed by atoms with Gasteiger partial charge in [0, 0.05) is 43.1 Å². The van der Waals surface area contributed by atoms with Crippen molar-refractivity contribution in [1.29, 1.82) is 0 Å². The summed E-state index contributed by atoms with van der Waals surface area (Å²) in [5.41, 5.74) is 2.15. The molecule has 0 saturated carbocycles. The fraction of sp³-hybridized carbons (Fsp3) is 0.625. The van der Waals surface area contributed by atoms with Gasteiger partial charge < -0.3 is 9.64 Å². The lowest BCUT2D eigenvalue weighted by molar-refractivity contribution is 0.0336. The monoisotopic (exact) mass is 338 g/mol. The molecule has 23 heavy (non-hydrogen) atoms. The van der Waals surface area contributed by atoms with E-state index in [4.69, 9.17) is 4.74 Å². The highest BCUT2D eigenvalue weighted by Gasteiger charge is 2.62. The van der Waals surface area contributed by atoms with Crippen molar-refractivity contribution in [2.75, 3.05) is 32.6 Å². The second kappa shape index (κ2) is 5.56. The van der Waals surface area contributed by atoms with Crippen molar-refractivity contribution in [2.45, 2.75) is 25.0 Å². The molecule has 2 saturated heterocycles. The molecule has 2 aliphatic heterocycles. The van der Waals surface area contributed by atoms with Gasteiger partial charge in [-0.1, -0.05) is 0 Å². The molecule has 0 radical (unpaired) electrons. The molecule has 1 amide bonds. The summed E-state index contributed by atoms with van der Waals surface area (Å²) in [5.74, 6) is 0.0428. The maximum Gasteiger partial charge on any atom is 0.254 e. The van der Waals surface area contributed by atoms with E-state index in [1.807, 2.05) is 13.8 Å². The van der Waals surface area contributed by atoms with Gasteiger partial charge in [0.05, 0.1) is 12.4 Å². The Labute approximate surface area is 136 Å². The minimum atomic E-state index is -3.17. The van der Waals surface area contributed by atoms with Gasteiger partial charge in [-0.25, -0.2) is 8.42 Å². The van der Waals surface area contributed by atoms with Crippen molar-refractivity contribution in [1.82, 2.24) is 9.88 Å². The van der Waals surface area contributed by atoms with Gasteiger partial charge in [0.1, 0.15) is 4.75 Å². The number of ether oxygens (including phenoxy) is 1. The molecule has 6 nitrogen and oxygen atoms in total. The number of sulfone groups is 1. The van der Waals surface area contributed by atoms with Gasteiger partial charge in [-0.15, -0.1) is 0 Å². The lowest BCUT2D eigenvalue weighted by atomic mass is 9.83. The molecule has 0 aliphatic carbocycles. The quantitative estimate of drug-likeness (QED) is 0.821. The highest BCUT2D eigenvalue weighted by atomic mass is 32.2. The Balaban J connectivity index is 1.80. The summed E-state index contributed by atoms with van der Waals surface area (Å²) >= 11 is 0. The number of amides is 1. The Hall–Kier alpha value is -1.47. The molecule has 126 valence electrons. The molecule has 7 heteroatoms. The number of methoxy groups -OCH3 is 1. The standard InChI is InChI=1S/C16H22N2O4S/c1-11-6-13(7-12(2)17-11)15(19)18-9-16(10-18)14(8-22-3)4-5-23(16,20)21/h6-7,14H,4-5,8-10H2,1-3H3. The van der Waals surface area contributed by atoms with Crippen molar-refractivity contribution >= 4 is 15.7 Å². The van der Waals surface area contributed by atoms with Crippen molar-refractivity contribution < 1.29 is 17.9 Å². The van der Waals surface area contributed by atoms with Crippen LogP contribution in [0.2, 0.25) is 0 Å². The summed E-state index contributed by atoms with van der Waals surface area (Å²) in [7, 11) is -1.59. The Kier molecular flexibility index (Phi) is 3.96. The zero-order valence-electron chi connectivity index (χ0n) is 13.7. The van der Waals surface area contributed by atoms with Crippen molar-refractivity contribution in [3.05, 3.63) is 29.1 Å². The number of hydrogen-bond acceptors (Lipinski definition) is 5. The number of aryl methyl sites for hydroxylation is 2. The second-order valence-electron chi connectivity index (χ2n) is 6.62. The maximum absolute atomic E-state index is 12.6. The Morgan fingerprint density at radius 1 is 1.35 bits per heavy atom. The average Bonchev–Trinajstić information content (AvgIpc) is 2.67. The zero-order chi connectivity index (χ0) is 16.8. The minimum absolute atomic E-state index is 0.0255. The third-order valence-electron chi connectivity index (χ3n) is 5.00. The average molecular weight is 338 g/mol. The SMILES string of the molecule is COCC1CCS(=O)(=O)C12CN(C(=O)c1cc(C)nc(C)c1)C2. The van der Waals surface area contributed by atoms with Crippen molar-refractivity contribution in [3.63, 3.8) is 0 Å². The predicted octanol–water partition coefficient (Wildman–Crippen LogP) is 0.974. The summed E-state index contributed by atoms with van der Waals surface area (Å²) in [6, 6.07) is 3.49. The van der Waals surface area contributed by atoms with Crippen LogP contribution < -0.4 is 0 Å². The van der Waals surface area contributed by atoms with Crippen molar-refractivity contribution in [2.24, 2.45) is 5.92 Å². The van der Waals surface area contributed by atoms with Gasteiger partial charge in [0.2, 0.25) is 0 Å².